The van der Waals surface area contributed by atoms with Crippen LogP contribution in [-0.4, -0.2) is 57.8 Å². The van der Waals surface area contributed by atoms with E-state index in [9.17, 15) is 14.0 Å². The fourth-order valence-electron chi connectivity index (χ4n) is 3.22. The fraction of sp³-hybridized carbons (Fsp3) is 0.238. The number of pyridine rings is 1. The van der Waals surface area contributed by atoms with Crippen LogP contribution in [0.1, 0.15) is 15.4 Å². The van der Waals surface area contributed by atoms with Crippen molar-refractivity contribution in [3.8, 4) is 10.6 Å². The molecule has 3 heterocycles. The minimum Gasteiger partial charge on any atom is -0.339 e. The summed E-state index contributed by atoms with van der Waals surface area (Å²) >= 11 is 1.18. The van der Waals surface area contributed by atoms with Crippen molar-refractivity contribution >= 4 is 23.2 Å². The van der Waals surface area contributed by atoms with Crippen LogP contribution in [0, 0.1) is 5.82 Å². The Balaban J connectivity index is 1.36. The second-order valence-corrected chi connectivity index (χ2v) is 7.71. The Morgan fingerprint density at radius 1 is 0.966 bits per heavy atom. The van der Waals surface area contributed by atoms with Crippen molar-refractivity contribution < 1.29 is 14.0 Å². The third-order valence-electron chi connectivity index (χ3n) is 4.80. The predicted octanol–water partition coefficient (Wildman–Crippen LogP) is 2.87. The van der Waals surface area contributed by atoms with Crippen molar-refractivity contribution in [2.45, 2.75) is 6.42 Å². The second kappa shape index (κ2) is 8.48. The van der Waals surface area contributed by atoms with Gasteiger partial charge in [0, 0.05) is 43.6 Å². The molecule has 0 aliphatic carbocycles. The van der Waals surface area contributed by atoms with Crippen LogP contribution < -0.4 is 0 Å². The maximum Gasteiger partial charge on any atom is 0.265 e. The molecule has 0 spiro atoms. The number of carbonyl (C=O) groups is 2. The molecule has 0 radical (unpaired) electrons. The molecule has 1 saturated heterocycles. The number of benzene rings is 1. The molecular formula is C21H19FN4O2S. The number of carbonyl (C=O) groups excluding carboxylic acids is 2. The smallest absolute Gasteiger partial charge is 0.265 e. The molecule has 0 saturated carbocycles. The molecule has 2 aromatic heterocycles. The van der Waals surface area contributed by atoms with Gasteiger partial charge in [-0.3, -0.25) is 14.6 Å². The molecule has 1 aliphatic heterocycles. The van der Waals surface area contributed by atoms with Crippen LogP contribution in [-0.2, 0) is 11.2 Å². The monoisotopic (exact) mass is 410 g/mol. The second-order valence-electron chi connectivity index (χ2n) is 6.68. The molecule has 4 rings (SSSR count). The van der Waals surface area contributed by atoms with E-state index < -0.39 is 0 Å². The van der Waals surface area contributed by atoms with Crippen LogP contribution in [0.5, 0.6) is 0 Å². The Bertz CT molecular complexity index is 1020. The lowest BCUT2D eigenvalue weighted by Gasteiger charge is -2.34. The molecule has 1 fully saturated rings. The molecule has 2 amide bonds. The highest BCUT2D eigenvalue weighted by Gasteiger charge is 2.26. The van der Waals surface area contributed by atoms with E-state index in [0.29, 0.717) is 41.6 Å². The maximum atomic E-state index is 13.9. The van der Waals surface area contributed by atoms with Gasteiger partial charge >= 0.3 is 0 Å². The van der Waals surface area contributed by atoms with Crippen molar-refractivity contribution in [3.05, 3.63) is 71.2 Å². The Hall–Kier alpha value is -3.13. The number of nitrogens with zero attached hydrogens (tertiary/aromatic N) is 4. The van der Waals surface area contributed by atoms with Gasteiger partial charge in [-0.1, -0.05) is 18.2 Å². The van der Waals surface area contributed by atoms with Crippen LogP contribution in [0.3, 0.4) is 0 Å². The van der Waals surface area contributed by atoms with E-state index in [-0.39, 0.29) is 24.1 Å². The van der Waals surface area contributed by atoms with Crippen molar-refractivity contribution in [1.29, 1.82) is 0 Å². The number of aromatic nitrogens is 2. The zero-order chi connectivity index (χ0) is 20.2. The summed E-state index contributed by atoms with van der Waals surface area (Å²) in [6, 6.07) is 11.9. The number of rotatable bonds is 4. The summed E-state index contributed by atoms with van der Waals surface area (Å²) in [5, 5.41) is 0.482. The Morgan fingerprint density at radius 2 is 1.69 bits per heavy atom. The summed E-state index contributed by atoms with van der Waals surface area (Å²) < 4.78 is 13.9. The third-order valence-corrected chi connectivity index (χ3v) is 5.82. The van der Waals surface area contributed by atoms with E-state index in [1.807, 2.05) is 18.2 Å². The molecular weight excluding hydrogens is 391 g/mol. The predicted molar refractivity (Wildman–Crippen MR) is 108 cm³/mol. The first kappa shape index (κ1) is 19.2. The number of thiazole rings is 1. The van der Waals surface area contributed by atoms with Gasteiger partial charge in [0.2, 0.25) is 5.91 Å². The summed E-state index contributed by atoms with van der Waals surface area (Å²) in [6.07, 6.45) is 3.42. The molecule has 6 nitrogen and oxygen atoms in total. The Morgan fingerprint density at radius 3 is 2.41 bits per heavy atom. The molecule has 8 heteroatoms. The minimum atomic E-state index is -0.360. The highest BCUT2D eigenvalue weighted by atomic mass is 32.1. The lowest BCUT2D eigenvalue weighted by molar-refractivity contribution is -0.132. The van der Waals surface area contributed by atoms with Gasteiger partial charge in [0.1, 0.15) is 15.7 Å². The van der Waals surface area contributed by atoms with Gasteiger partial charge in [0.15, 0.2) is 0 Å². The lowest BCUT2D eigenvalue weighted by atomic mass is 10.2. The average Bonchev–Trinajstić information content (AvgIpc) is 3.24. The number of hydrogen-bond acceptors (Lipinski definition) is 5. The zero-order valence-corrected chi connectivity index (χ0v) is 16.4. The summed E-state index contributed by atoms with van der Waals surface area (Å²) in [4.78, 5) is 37.6. The average molecular weight is 410 g/mol. The molecule has 1 aromatic carbocycles. The van der Waals surface area contributed by atoms with E-state index >= 15 is 0 Å². The van der Waals surface area contributed by atoms with E-state index in [2.05, 4.69) is 9.97 Å². The lowest BCUT2D eigenvalue weighted by Crippen LogP contribution is -2.50. The molecule has 0 bridgehead atoms. The van der Waals surface area contributed by atoms with Crippen LogP contribution in [0.2, 0.25) is 0 Å². The summed E-state index contributed by atoms with van der Waals surface area (Å²) in [6.45, 7) is 1.88. The fourth-order valence-corrected chi connectivity index (χ4v) is 4.13. The summed E-state index contributed by atoms with van der Waals surface area (Å²) in [5.41, 5.74) is 1.13. The molecule has 1 aliphatic rings. The number of amides is 2. The SMILES string of the molecule is O=C(Cc1ccccn1)N1CCN(C(=O)c2cnc(-c3ccccc3F)s2)CC1. The van der Waals surface area contributed by atoms with Crippen LogP contribution in [0.15, 0.2) is 54.9 Å². The topological polar surface area (TPSA) is 66.4 Å². The normalized spacial score (nSPS) is 14.1. The zero-order valence-electron chi connectivity index (χ0n) is 15.6. The number of hydrogen-bond donors (Lipinski definition) is 0. The molecule has 148 valence electrons. The highest BCUT2D eigenvalue weighted by molar-refractivity contribution is 7.16. The Labute approximate surface area is 171 Å². The van der Waals surface area contributed by atoms with E-state index in [1.54, 1.807) is 34.2 Å². The van der Waals surface area contributed by atoms with Crippen LogP contribution >= 0.6 is 11.3 Å². The van der Waals surface area contributed by atoms with Gasteiger partial charge in [-0.15, -0.1) is 11.3 Å². The molecule has 0 unspecified atom stereocenters. The first-order valence-electron chi connectivity index (χ1n) is 9.29. The maximum absolute atomic E-state index is 13.9. The summed E-state index contributed by atoms with van der Waals surface area (Å²) in [7, 11) is 0. The quantitative estimate of drug-likeness (QED) is 0.663. The van der Waals surface area contributed by atoms with E-state index in [4.69, 9.17) is 0 Å². The van der Waals surface area contributed by atoms with Crippen molar-refractivity contribution in [3.63, 3.8) is 0 Å². The molecule has 29 heavy (non-hydrogen) atoms. The summed E-state index contributed by atoms with van der Waals surface area (Å²) in [5.74, 6) is -0.488. The van der Waals surface area contributed by atoms with Gasteiger partial charge < -0.3 is 9.80 Å². The number of halogens is 1. The highest BCUT2D eigenvalue weighted by Crippen LogP contribution is 2.28. The van der Waals surface area contributed by atoms with Crippen LogP contribution in [0.25, 0.3) is 10.6 Å². The Kier molecular flexibility index (Phi) is 5.62. The van der Waals surface area contributed by atoms with Gasteiger partial charge in [0.25, 0.3) is 5.91 Å². The van der Waals surface area contributed by atoms with Crippen molar-refractivity contribution in [1.82, 2.24) is 19.8 Å². The van der Waals surface area contributed by atoms with Crippen LogP contribution in [0.4, 0.5) is 4.39 Å². The largest absolute Gasteiger partial charge is 0.339 e. The standard InChI is InChI=1S/C21H19FN4O2S/c22-17-7-2-1-6-16(17)20-24-14-18(29-20)21(28)26-11-9-25(10-12-26)19(27)13-15-5-3-4-8-23-15/h1-8,14H,9-13H2. The van der Waals surface area contributed by atoms with E-state index in [0.717, 1.165) is 5.69 Å². The minimum absolute atomic E-state index is 0.00966. The third kappa shape index (κ3) is 4.32. The van der Waals surface area contributed by atoms with Crippen molar-refractivity contribution in [2.75, 3.05) is 26.2 Å². The molecule has 0 atom stereocenters. The molecule has 3 aromatic rings. The van der Waals surface area contributed by atoms with Gasteiger partial charge in [-0.05, 0) is 24.3 Å². The first-order chi connectivity index (χ1) is 14.1. The molecule has 0 N–H and O–H groups in total. The van der Waals surface area contributed by atoms with Crippen molar-refractivity contribution in [2.24, 2.45) is 0 Å². The van der Waals surface area contributed by atoms with E-state index in [1.165, 1.54) is 23.6 Å². The number of piperazine rings is 1. The van der Waals surface area contributed by atoms with Gasteiger partial charge in [-0.25, -0.2) is 9.37 Å². The first-order valence-corrected chi connectivity index (χ1v) is 10.1. The van der Waals surface area contributed by atoms with Gasteiger partial charge in [-0.2, -0.15) is 0 Å². The van der Waals surface area contributed by atoms with Gasteiger partial charge in [0.05, 0.1) is 12.6 Å².